The van der Waals surface area contributed by atoms with E-state index in [1.54, 1.807) is 0 Å². The molecule has 0 bridgehead atoms. The maximum absolute atomic E-state index is 6.10. The molecule has 7 aromatic carbocycles. The Balaban J connectivity index is 1.10. The number of benzene rings is 7. The first kappa shape index (κ1) is 42.3. The van der Waals surface area contributed by atoms with E-state index >= 15 is 0 Å². The topological polar surface area (TPSA) is 32.8 Å². The van der Waals surface area contributed by atoms with Crippen molar-refractivity contribution in [1.29, 1.82) is 0 Å². The second-order valence-electron chi connectivity index (χ2n) is 21.6. The summed E-state index contributed by atoms with van der Waals surface area (Å²) in [7, 11) is 0. The van der Waals surface area contributed by atoms with Gasteiger partial charge in [0.1, 0.15) is 11.2 Å². The summed E-state index contributed by atoms with van der Waals surface area (Å²) in [6.45, 7) is 23.2. The molecule has 0 atom stereocenters. The SMILES string of the molecule is Cc1cc(-c2coc3ccccc23)cc(C)c1N1c2cccc3c2B(c2sc4ccc(C(C)(C)C)cc4c21)c1sc2ccc(C(C)(C)C)cc2c1N3c1c(C)cc(-c2coc3ccccc23)cc1C. The molecule has 11 aromatic rings. The number of para-hydroxylation sites is 2. The van der Waals surface area contributed by atoms with Gasteiger partial charge >= 0.3 is 0 Å². The molecule has 0 saturated heterocycles. The summed E-state index contributed by atoms with van der Waals surface area (Å²) < 4.78 is 17.6. The molecule has 0 radical (unpaired) electrons. The number of nitrogens with zero attached hydrogens (tertiary/aromatic N) is 2. The minimum atomic E-state index is -0.0147. The molecule has 2 aliphatic rings. The fourth-order valence-electron chi connectivity index (χ4n) is 11.6. The predicted molar refractivity (Wildman–Crippen MR) is 298 cm³/mol. The Kier molecular flexibility index (Phi) is 9.11. The molecule has 0 unspecified atom stereocenters. The molecular formula is C62H53BN2O2S2. The second kappa shape index (κ2) is 14.9. The lowest BCUT2D eigenvalue weighted by Crippen LogP contribution is -2.59. The molecule has 338 valence electrons. The smallest absolute Gasteiger partial charge is 0.277 e. The highest BCUT2D eigenvalue weighted by molar-refractivity contribution is 7.40. The monoisotopic (exact) mass is 932 g/mol. The van der Waals surface area contributed by atoms with Crippen LogP contribution in [0, 0.1) is 27.7 Å². The molecule has 0 aliphatic carbocycles. The first-order valence-corrected chi connectivity index (χ1v) is 25.8. The zero-order chi connectivity index (χ0) is 47.4. The zero-order valence-electron chi connectivity index (χ0n) is 40.9. The summed E-state index contributed by atoms with van der Waals surface area (Å²) in [5.41, 5.74) is 22.8. The molecule has 13 rings (SSSR count). The van der Waals surface area contributed by atoms with Crippen LogP contribution in [0.5, 0.6) is 0 Å². The number of rotatable bonds is 4. The second-order valence-corrected chi connectivity index (χ2v) is 23.7. The van der Waals surface area contributed by atoms with Gasteiger partial charge in [0, 0.05) is 63.0 Å². The first-order valence-electron chi connectivity index (χ1n) is 24.2. The third-order valence-electron chi connectivity index (χ3n) is 14.9. The number of hydrogen-bond donors (Lipinski definition) is 0. The zero-order valence-corrected chi connectivity index (χ0v) is 42.5. The van der Waals surface area contributed by atoms with E-state index in [0.717, 1.165) is 33.1 Å². The molecule has 4 aromatic heterocycles. The molecule has 0 N–H and O–H groups in total. The van der Waals surface area contributed by atoms with Gasteiger partial charge in [0.05, 0.1) is 35.3 Å². The Morgan fingerprint density at radius 1 is 0.435 bits per heavy atom. The number of thiophene rings is 2. The van der Waals surface area contributed by atoms with Gasteiger partial charge < -0.3 is 18.6 Å². The summed E-state index contributed by atoms with van der Waals surface area (Å²) in [4.78, 5) is 5.30. The summed E-state index contributed by atoms with van der Waals surface area (Å²) in [5, 5.41) is 4.90. The van der Waals surface area contributed by atoms with Gasteiger partial charge in [0.15, 0.2) is 0 Å². The Bertz CT molecular complexity index is 3660. The summed E-state index contributed by atoms with van der Waals surface area (Å²) >= 11 is 3.96. The third-order valence-corrected chi connectivity index (χ3v) is 17.4. The van der Waals surface area contributed by atoms with Crippen LogP contribution in [0.25, 0.3) is 64.4 Å². The fraction of sp³-hybridized carbons (Fsp3) is 0.194. The van der Waals surface area contributed by atoms with Crippen LogP contribution in [0.4, 0.5) is 34.1 Å². The van der Waals surface area contributed by atoms with Crippen molar-refractivity contribution < 1.29 is 8.83 Å². The Hall–Kier alpha value is -6.80. The molecule has 0 amide bonds. The van der Waals surface area contributed by atoms with Crippen molar-refractivity contribution >= 4 is 121 Å². The van der Waals surface area contributed by atoms with Crippen LogP contribution >= 0.6 is 22.7 Å². The van der Waals surface area contributed by atoms with Gasteiger partial charge in [-0.15, -0.1) is 22.7 Å². The van der Waals surface area contributed by atoms with Crippen LogP contribution in [0.3, 0.4) is 0 Å². The fourth-order valence-corrected chi connectivity index (χ4v) is 14.3. The van der Waals surface area contributed by atoms with Gasteiger partial charge in [-0.25, -0.2) is 0 Å². The molecule has 0 saturated carbocycles. The highest BCUT2D eigenvalue weighted by atomic mass is 32.1. The van der Waals surface area contributed by atoms with Crippen molar-refractivity contribution in [2.24, 2.45) is 0 Å². The van der Waals surface area contributed by atoms with E-state index in [2.05, 4.69) is 194 Å². The minimum absolute atomic E-state index is 0.0147. The van der Waals surface area contributed by atoms with Crippen molar-refractivity contribution in [3.8, 4) is 22.3 Å². The number of furan rings is 2. The van der Waals surface area contributed by atoms with Crippen LogP contribution in [0.15, 0.2) is 149 Å². The number of anilines is 6. The lowest BCUT2D eigenvalue weighted by molar-refractivity contribution is 0.591. The van der Waals surface area contributed by atoms with Crippen molar-refractivity contribution in [2.45, 2.75) is 80.1 Å². The lowest BCUT2D eigenvalue weighted by atomic mass is 9.39. The summed E-state index contributed by atoms with van der Waals surface area (Å²) in [6.07, 6.45) is 3.84. The van der Waals surface area contributed by atoms with E-state index in [0.29, 0.717) is 0 Å². The van der Waals surface area contributed by atoms with E-state index in [-0.39, 0.29) is 17.5 Å². The van der Waals surface area contributed by atoms with E-state index in [1.807, 2.05) is 47.3 Å². The number of hydrogen-bond acceptors (Lipinski definition) is 6. The average molecular weight is 933 g/mol. The predicted octanol–water partition coefficient (Wildman–Crippen LogP) is 16.9. The largest absolute Gasteiger partial charge is 0.464 e. The van der Waals surface area contributed by atoms with Gasteiger partial charge in [0.25, 0.3) is 6.71 Å². The van der Waals surface area contributed by atoms with Gasteiger partial charge in [0.2, 0.25) is 0 Å². The highest BCUT2D eigenvalue weighted by Crippen LogP contribution is 2.53. The van der Waals surface area contributed by atoms with Crippen molar-refractivity contribution in [1.82, 2.24) is 0 Å². The van der Waals surface area contributed by atoms with Crippen molar-refractivity contribution in [3.63, 3.8) is 0 Å². The van der Waals surface area contributed by atoms with Crippen LogP contribution < -0.4 is 24.8 Å². The lowest BCUT2D eigenvalue weighted by Gasteiger charge is -2.43. The van der Waals surface area contributed by atoms with E-state index < -0.39 is 0 Å². The Labute approximate surface area is 412 Å². The van der Waals surface area contributed by atoms with Gasteiger partial charge in [-0.3, -0.25) is 0 Å². The molecular weight excluding hydrogens is 880 g/mol. The van der Waals surface area contributed by atoms with Crippen LogP contribution in [0.2, 0.25) is 0 Å². The minimum Gasteiger partial charge on any atom is -0.464 e. The highest BCUT2D eigenvalue weighted by Gasteiger charge is 2.48. The van der Waals surface area contributed by atoms with Gasteiger partial charge in [-0.1, -0.05) is 96.1 Å². The van der Waals surface area contributed by atoms with Crippen LogP contribution in [-0.4, -0.2) is 6.71 Å². The summed E-state index contributed by atoms with van der Waals surface area (Å²) in [5.74, 6) is 0. The molecule has 7 heteroatoms. The summed E-state index contributed by atoms with van der Waals surface area (Å²) in [6, 6.07) is 47.8. The molecule has 0 fully saturated rings. The van der Waals surface area contributed by atoms with E-state index in [9.17, 15) is 0 Å². The Morgan fingerprint density at radius 2 is 0.841 bits per heavy atom. The van der Waals surface area contributed by atoms with Gasteiger partial charge in [-0.2, -0.15) is 0 Å². The van der Waals surface area contributed by atoms with Crippen molar-refractivity contribution in [3.05, 3.63) is 173 Å². The first-order chi connectivity index (χ1) is 33.1. The molecule has 6 heterocycles. The Morgan fingerprint density at radius 3 is 1.25 bits per heavy atom. The van der Waals surface area contributed by atoms with E-state index in [1.165, 1.54) is 114 Å². The molecule has 2 aliphatic heterocycles. The molecule has 4 nitrogen and oxygen atoms in total. The van der Waals surface area contributed by atoms with Crippen LogP contribution in [0.1, 0.15) is 74.9 Å². The van der Waals surface area contributed by atoms with Crippen molar-refractivity contribution in [2.75, 3.05) is 9.80 Å². The van der Waals surface area contributed by atoms with Gasteiger partial charge in [-0.05, 0) is 161 Å². The molecule has 69 heavy (non-hydrogen) atoms. The standard InChI is InChI=1S/C62H53BN2O2S2/c1-34-26-38(46-32-66-50-20-13-11-16-42(46)50)27-35(2)55(34)64-48-18-15-19-49-54(48)63(59-57(64)44-30-40(61(5,6)7)22-24-52(44)68-59)60-58(45-31-41(62(8,9)10)23-25-53(45)69-60)65(49)56-36(3)28-39(29-37(56)4)47-33-67-51-21-14-12-17-43(47)51/h11-33H,1-10H3. The third kappa shape index (κ3) is 6.25. The maximum atomic E-state index is 6.10. The van der Waals surface area contributed by atoms with E-state index in [4.69, 9.17) is 8.83 Å². The van der Waals surface area contributed by atoms with Crippen LogP contribution in [-0.2, 0) is 10.8 Å². The quantitative estimate of drug-likeness (QED) is 0.165. The number of fused-ring (bicyclic) bond motifs is 10. The molecule has 0 spiro atoms. The normalized spacial score (nSPS) is 13.6. The average Bonchev–Trinajstić information content (AvgIpc) is 4.12. The number of aryl methyl sites for hydroxylation is 4. The maximum Gasteiger partial charge on any atom is 0.277 e.